The molecule has 1 amide bonds. The average molecular weight is 361 g/mol. The lowest BCUT2D eigenvalue weighted by molar-refractivity contribution is -0.113. The van der Waals surface area contributed by atoms with E-state index in [0.29, 0.717) is 11.1 Å². The maximum Gasteiger partial charge on any atom is 0.277 e. The monoisotopic (exact) mass is 361 g/mol. The van der Waals surface area contributed by atoms with Gasteiger partial charge in [-0.2, -0.15) is 0 Å². The Morgan fingerprint density at radius 3 is 2.52 bits per heavy atom. The van der Waals surface area contributed by atoms with E-state index in [9.17, 15) is 4.79 Å². The van der Waals surface area contributed by atoms with Crippen molar-refractivity contribution in [1.29, 1.82) is 0 Å². The number of amides is 1. The number of nitrogens with one attached hydrogen (secondary N) is 1. The van der Waals surface area contributed by atoms with E-state index in [1.54, 1.807) is 6.92 Å². The number of nitrogens with zero attached hydrogens (tertiary/aromatic N) is 4. The van der Waals surface area contributed by atoms with Crippen LogP contribution in [0.15, 0.2) is 33.9 Å². The van der Waals surface area contributed by atoms with E-state index in [1.165, 1.54) is 17.4 Å². The largest absolute Gasteiger partial charge is 0.416 e. The molecule has 0 aliphatic carbocycles. The second-order valence-electron chi connectivity index (χ2n) is 5.89. The van der Waals surface area contributed by atoms with Gasteiger partial charge in [0, 0.05) is 44.5 Å². The van der Waals surface area contributed by atoms with Crippen LogP contribution in [0.4, 0.5) is 11.4 Å². The van der Waals surface area contributed by atoms with Crippen molar-refractivity contribution < 1.29 is 9.21 Å². The molecule has 1 fully saturated rings. The van der Waals surface area contributed by atoms with Crippen LogP contribution < -0.4 is 10.2 Å². The highest BCUT2D eigenvalue weighted by Gasteiger charge is 2.15. The fourth-order valence-corrected chi connectivity index (χ4v) is 3.34. The van der Waals surface area contributed by atoms with E-state index in [-0.39, 0.29) is 11.7 Å². The molecular weight excluding hydrogens is 338 g/mol. The van der Waals surface area contributed by atoms with Crippen LogP contribution in [0.2, 0.25) is 0 Å². The fourth-order valence-electron chi connectivity index (χ4n) is 2.74. The molecule has 8 heteroatoms. The summed E-state index contributed by atoms with van der Waals surface area (Å²) >= 11 is 1.23. The van der Waals surface area contributed by atoms with Crippen LogP contribution in [0.25, 0.3) is 0 Å². The number of carbonyl (C=O) groups is 1. The topological polar surface area (TPSA) is 74.5 Å². The van der Waals surface area contributed by atoms with Gasteiger partial charge in [-0.3, -0.25) is 4.79 Å². The van der Waals surface area contributed by atoms with Gasteiger partial charge >= 0.3 is 0 Å². The standard InChI is InChI=1S/C17H23N5O2S/c1-3-21-8-10-22(11-9-21)15-6-4-14(5-7-15)18-16(23)12-25-17-20-19-13(2)24-17/h4-7H,3,8-12H2,1-2H3,(H,18,23). The van der Waals surface area contributed by atoms with E-state index >= 15 is 0 Å². The zero-order valence-electron chi connectivity index (χ0n) is 14.6. The number of hydrogen-bond donors (Lipinski definition) is 1. The number of carbonyl (C=O) groups excluding carboxylic acids is 1. The van der Waals surface area contributed by atoms with Crippen molar-refractivity contribution in [3.63, 3.8) is 0 Å². The number of anilines is 2. The number of rotatable bonds is 6. The number of piperazine rings is 1. The molecule has 0 atom stereocenters. The summed E-state index contributed by atoms with van der Waals surface area (Å²) in [4.78, 5) is 16.8. The van der Waals surface area contributed by atoms with Gasteiger partial charge in [0.05, 0.1) is 5.75 Å². The van der Waals surface area contributed by atoms with Crippen LogP contribution in [-0.4, -0.2) is 59.5 Å². The van der Waals surface area contributed by atoms with Crippen LogP contribution in [0, 0.1) is 6.92 Å². The molecule has 7 nitrogen and oxygen atoms in total. The molecular formula is C17H23N5O2S. The second kappa shape index (κ2) is 8.35. The Morgan fingerprint density at radius 2 is 1.92 bits per heavy atom. The van der Waals surface area contributed by atoms with Crippen LogP contribution in [-0.2, 0) is 4.79 Å². The summed E-state index contributed by atoms with van der Waals surface area (Å²) in [6.07, 6.45) is 0. The van der Waals surface area contributed by atoms with Crippen molar-refractivity contribution in [2.75, 3.05) is 48.7 Å². The molecule has 1 aliphatic rings. The molecule has 134 valence electrons. The van der Waals surface area contributed by atoms with Crippen LogP contribution in [0.5, 0.6) is 0 Å². The number of thioether (sulfide) groups is 1. The SMILES string of the molecule is CCN1CCN(c2ccc(NC(=O)CSc3nnc(C)o3)cc2)CC1. The molecule has 1 N–H and O–H groups in total. The number of likely N-dealkylation sites (N-methyl/N-ethyl adjacent to an activating group) is 1. The Hall–Kier alpha value is -2.06. The molecule has 2 aromatic rings. The van der Waals surface area contributed by atoms with Crippen LogP contribution in [0.3, 0.4) is 0 Å². The van der Waals surface area contributed by atoms with E-state index in [4.69, 9.17) is 4.42 Å². The molecule has 25 heavy (non-hydrogen) atoms. The minimum atomic E-state index is -0.0924. The Labute approximate surface area is 151 Å². The lowest BCUT2D eigenvalue weighted by Crippen LogP contribution is -2.46. The zero-order valence-corrected chi connectivity index (χ0v) is 15.4. The molecule has 0 saturated carbocycles. The highest BCUT2D eigenvalue weighted by molar-refractivity contribution is 7.99. The van der Waals surface area contributed by atoms with Gasteiger partial charge in [-0.1, -0.05) is 18.7 Å². The third-order valence-corrected chi connectivity index (χ3v) is 4.99. The third-order valence-electron chi connectivity index (χ3n) is 4.17. The second-order valence-corrected chi connectivity index (χ2v) is 6.82. The molecule has 1 saturated heterocycles. The Bertz CT molecular complexity index is 695. The predicted molar refractivity (Wildman–Crippen MR) is 99.2 cm³/mol. The molecule has 0 unspecified atom stereocenters. The van der Waals surface area contributed by atoms with E-state index in [2.05, 4.69) is 44.4 Å². The van der Waals surface area contributed by atoms with Crippen molar-refractivity contribution in [2.24, 2.45) is 0 Å². The number of benzene rings is 1. The first-order valence-electron chi connectivity index (χ1n) is 8.44. The molecule has 1 aromatic carbocycles. The van der Waals surface area contributed by atoms with E-state index in [1.807, 2.05) is 12.1 Å². The number of aryl methyl sites for hydroxylation is 1. The van der Waals surface area contributed by atoms with Crippen molar-refractivity contribution in [2.45, 2.75) is 19.1 Å². The van der Waals surface area contributed by atoms with E-state index in [0.717, 1.165) is 38.4 Å². The summed E-state index contributed by atoms with van der Waals surface area (Å²) in [6, 6.07) is 8.01. The average Bonchev–Trinajstić information content (AvgIpc) is 3.06. The molecule has 1 aliphatic heterocycles. The minimum absolute atomic E-state index is 0.0924. The number of aromatic nitrogens is 2. The summed E-state index contributed by atoms with van der Waals surface area (Å²) in [7, 11) is 0. The highest BCUT2D eigenvalue weighted by atomic mass is 32.2. The Balaban J connectivity index is 1.48. The maximum absolute atomic E-state index is 12.0. The van der Waals surface area contributed by atoms with Gasteiger partial charge < -0.3 is 19.5 Å². The lowest BCUT2D eigenvalue weighted by Gasteiger charge is -2.35. The maximum atomic E-state index is 12.0. The summed E-state index contributed by atoms with van der Waals surface area (Å²) < 4.78 is 5.23. The zero-order chi connectivity index (χ0) is 17.6. The Kier molecular flexibility index (Phi) is 5.93. The molecule has 2 heterocycles. The van der Waals surface area contributed by atoms with Gasteiger partial charge in [-0.05, 0) is 30.8 Å². The third kappa shape index (κ3) is 4.96. The Morgan fingerprint density at radius 1 is 1.20 bits per heavy atom. The summed E-state index contributed by atoms with van der Waals surface area (Å²) in [6.45, 7) is 9.31. The first-order chi connectivity index (χ1) is 12.1. The summed E-state index contributed by atoms with van der Waals surface area (Å²) in [5.74, 6) is 0.644. The minimum Gasteiger partial charge on any atom is -0.416 e. The molecule has 0 radical (unpaired) electrons. The van der Waals surface area contributed by atoms with Crippen molar-refractivity contribution >= 4 is 29.0 Å². The van der Waals surface area contributed by atoms with E-state index < -0.39 is 0 Å². The predicted octanol–water partition coefficient (Wildman–Crippen LogP) is 2.25. The molecule has 3 rings (SSSR count). The highest BCUT2D eigenvalue weighted by Crippen LogP contribution is 2.20. The van der Waals surface area contributed by atoms with Crippen LogP contribution >= 0.6 is 11.8 Å². The first kappa shape index (κ1) is 17.8. The van der Waals surface area contributed by atoms with Gasteiger partial charge in [-0.15, -0.1) is 10.2 Å². The van der Waals surface area contributed by atoms with Gasteiger partial charge in [0.15, 0.2) is 0 Å². The molecule has 0 spiro atoms. The normalized spacial score (nSPS) is 15.4. The quantitative estimate of drug-likeness (QED) is 0.791. The fraction of sp³-hybridized carbons (Fsp3) is 0.471. The van der Waals surface area contributed by atoms with Gasteiger partial charge in [-0.25, -0.2) is 0 Å². The van der Waals surface area contributed by atoms with Crippen molar-refractivity contribution in [3.05, 3.63) is 30.2 Å². The first-order valence-corrected chi connectivity index (χ1v) is 9.42. The molecule has 0 bridgehead atoms. The summed E-state index contributed by atoms with van der Waals surface area (Å²) in [5, 5.41) is 10.9. The van der Waals surface area contributed by atoms with Gasteiger partial charge in [0.1, 0.15) is 0 Å². The smallest absolute Gasteiger partial charge is 0.277 e. The van der Waals surface area contributed by atoms with Crippen LogP contribution in [0.1, 0.15) is 12.8 Å². The van der Waals surface area contributed by atoms with Crippen molar-refractivity contribution in [1.82, 2.24) is 15.1 Å². The van der Waals surface area contributed by atoms with Gasteiger partial charge in [0.25, 0.3) is 5.22 Å². The van der Waals surface area contributed by atoms with Gasteiger partial charge in [0.2, 0.25) is 11.8 Å². The lowest BCUT2D eigenvalue weighted by atomic mass is 10.2. The number of hydrogen-bond acceptors (Lipinski definition) is 7. The summed E-state index contributed by atoms with van der Waals surface area (Å²) in [5.41, 5.74) is 1.99. The molecule has 1 aromatic heterocycles. The van der Waals surface area contributed by atoms with Crippen molar-refractivity contribution in [3.8, 4) is 0 Å².